The molecule has 0 heterocycles. The van der Waals surface area contributed by atoms with Gasteiger partial charge in [0.2, 0.25) is 0 Å². The van der Waals surface area contributed by atoms with Crippen LogP contribution in [0.1, 0.15) is 13.8 Å². The van der Waals surface area contributed by atoms with E-state index in [9.17, 15) is 5.11 Å². The first-order valence-electron chi connectivity index (χ1n) is 5.36. The average Bonchev–Trinajstić information content (AvgIpc) is 2.27. The number of rotatable bonds is 6. The molecule has 1 aromatic carbocycles. The summed E-state index contributed by atoms with van der Waals surface area (Å²) < 4.78 is 11.6. The number of halogens is 2. The van der Waals surface area contributed by atoms with Crippen LogP contribution in [-0.4, -0.2) is 30.5 Å². The molecule has 0 fully saturated rings. The van der Waals surface area contributed by atoms with Crippen molar-refractivity contribution >= 4 is 27.5 Å². The summed E-state index contributed by atoms with van der Waals surface area (Å²) in [6, 6.07) is 5.32. The topological polar surface area (TPSA) is 38.7 Å². The molecule has 0 aromatic heterocycles. The third kappa shape index (κ3) is 5.73. The predicted molar refractivity (Wildman–Crippen MR) is 71.7 cm³/mol. The van der Waals surface area contributed by atoms with Crippen molar-refractivity contribution in [1.29, 1.82) is 0 Å². The number of aliphatic hydroxyl groups is 1. The molecule has 3 nitrogen and oxygen atoms in total. The van der Waals surface area contributed by atoms with E-state index in [0.717, 1.165) is 4.47 Å². The molecule has 0 radical (unpaired) electrons. The van der Waals surface area contributed by atoms with Gasteiger partial charge in [-0.2, -0.15) is 0 Å². The molecule has 1 atom stereocenters. The first-order valence-corrected chi connectivity index (χ1v) is 6.53. The van der Waals surface area contributed by atoms with E-state index in [0.29, 0.717) is 10.8 Å². The molecule has 5 heteroatoms. The monoisotopic (exact) mass is 322 g/mol. The third-order valence-corrected chi connectivity index (χ3v) is 2.75. The number of aliphatic hydroxyl groups excluding tert-OH is 1. The van der Waals surface area contributed by atoms with E-state index in [4.69, 9.17) is 21.1 Å². The molecule has 17 heavy (non-hydrogen) atoms. The summed E-state index contributed by atoms with van der Waals surface area (Å²) in [7, 11) is 0. The quantitative estimate of drug-likeness (QED) is 0.873. The van der Waals surface area contributed by atoms with Crippen molar-refractivity contribution in [2.75, 3.05) is 13.2 Å². The molecule has 0 saturated carbocycles. The Kier molecular flexibility index (Phi) is 6.27. The highest BCUT2D eigenvalue weighted by Crippen LogP contribution is 2.27. The summed E-state index contributed by atoms with van der Waals surface area (Å²) in [5.41, 5.74) is 0. The van der Waals surface area contributed by atoms with Crippen molar-refractivity contribution in [1.82, 2.24) is 0 Å². The van der Waals surface area contributed by atoms with Crippen molar-refractivity contribution in [3.63, 3.8) is 0 Å². The van der Waals surface area contributed by atoms with Gasteiger partial charge in [-0.25, -0.2) is 0 Å². The standard InChI is InChI=1S/C12H16BrClO3/c1-8(2)16-6-10(15)7-17-12-5-9(13)3-4-11(12)14/h3-5,8,10,15H,6-7H2,1-2H3. The maximum atomic E-state index is 9.61. The number of hydrogen-bond acceptors (Lipinski definition) is 3. The van der Waals surface area contributed by atoms with Crippen molar-refractivity contribution in [2.45, 2.75) is 26.1 Å². The van der Waals surface area contributed by atoms with E-state index in [1.54, 1.807) is 12.1 Å². The molecule has 96 valence electrons. The first kappa shape index (κ1) is 14.8. The SMILES string of the molecule is CC(C)OCC(O)COc1cc(Br)ccc1Cl. The van der Waals surface area contributed by atoms with Gasteiger partial charge in [-0.1, -0.05) is 27.5 Å². The molecule has 1 rings (SSSR count). The Morgan fingerprint density at radius 1 is 1.35 bits per heavy atom. The molecular weight excluding hydrogens is 307 g/mol. The Morgan fingerprint density at radius 3 is 2.71 bits per heavy atom. The Morgan fingerprint density at radius 2 is 2.06 bits per heavy atom. The average molecular weight is 324 g/mol. The molecule has 0 aliphatic heterocycles. The van der Waals surface area contributed by atoms with Crippen LogP contribution in [0.5, 0.6) is 5.75 Å². The molecule has 1 unspecified atom stereocenters. The highest BCUT2D eigenvalue weighted by atomic mass is 79.9. The van der Waals surface area contributed by atoms with Gasteiger partial charge in [0.1, 0.15) is 18.5 Å². The summed E-state index contributed by atoms with van der Waals surface area (Å²) in [5.74, 6) is 0.546. The Labute approximate surface area is 115 Å². The highest BCUT2D eigenvalue weighted by Gasteiger charge is 2.09. The number of benzene rings is 1. The number of ether oxygens (including phenoxy) is 2. The lowest BCUT2D eigenvalue weighted by atomic mass is 10.3. The van der Waals surface area contributed by atoms with Crippen LogP contribution in [0.2, 0.25) is 5.02 Å². The second kappa shape index (κ2) is 7.21. The highest BCUT2D eigenvalue weighted by molar-refractivity contribution is 9.10. The fourth-order valence-electron chi connectivity index (χ4n) is 1.13. The van der Waals surface area contributed by atoms with Crippen LogP contribution < -0.4 is 4.74 Å². The molecule has 1 N–H and O–H groups in total. The third-order valence-electron chi connectivity index (χ3n) is 1.95. The minimum atomic E-state index is -0.660. The minimum absolute atomic E-state index is 0.0964. The fourth-order valence-corrected chi connectivity index (χ4v) is 1.64. The first-order chi connectivity index (χ1) is 7.99. The second-order valence-corrected chi connectivity index (χ2v) is 5.24. The van der Waals surface area contributed by atoms with Gasteiger partial charge >= 0.3 is 0 Å². The van der Waals surface area contributed by atoms with Gasteiger partial charge in [0.05, 0.1) is 17.7 Å². The molecule has 0 amide bonds. The van der Waals surface area contributed by atoms with Gasteiger partial charge in [-0.15, -0.1) is 0 Å². The predicted octanol–water partition coefficient (Wildman–Crippen LogP) is 3.27. The largest absolute Gasteiger partial charge is 0.489 e. The van der Waals surface area contributed by atoms with E-state index < -0.39 is 6.10 Å². The normalized spacial score (nSPS) is 12.8. The van der Waals surface area contributed by atoms with Crippen LogP contribution in [0.4, 0.5) is 0 Å². The molecule has 0 saturated heterocycles. The summed E-state index contributed by atoms with van der Waals surface area (Å²) >= 11 is 9.28. The molecule has 0 aliphatic rings. The van der Waals surface area contributed by atoms with Crippen LogP contribution in [0.15, 0.2) is 22.7 Å². The van der Waals surface area contributed by atoms with Gasteiger partial charge in [0.25, 0.3) is 0 Å². The van der Waals surface area contributed by atoms with Crippen molar-refractivity contribution in [3.8, 4) is 5.75 Å². The summed E-state index contributed by atoms with van der Waals surface area (Å²) in [6.07, 6.45) is -0.563. The lowest BCUT2D eigenvalue weighted by Gasteiger charge is -2.15. The molecule has 0 aliphatic carbocycles. The van der Waals surface area contributed by atoms with Crippen LogP contribution in [-0.2, 0) is 4.74 Å². The van der Waals surface area contributed by atoms with Gasteiger partial charge in [0.15, 0.2) is 0 Å². The van der Waals surface area contributed by atoms with E-state index in [1.165, 1.54) is 0 Å². The summed E-state index contributed by atoms with van der Waals surface area (Å²) in [4.78, 5) is 0. The lowest BCUT2D eigenvalue weighted by Crippen LogP contribution is -2.25. The molecular formula is C12H16BrClO3. The smallest absolute Gasteiger partial charge is 0.139 e. The molecule has 1 aromatic rings. The Balaban J connectivity index is 2.41. The maximum Gasteiger partial charge on any atom is 0.139 e. The van der Waals surface area contributed by atoms with E-state index in [1.807, 2.05) is 19.9 Å². The zero-order valence-corrected chi connectivity index (χ0v) is 12.2. The van der Waals surface area contributed by atoms with Crippen LogP contribution >= 0.6 is 27.5 Å². The summed E-state index contributed by atoms with van der Waals surface area (Å²) in [5, 5.41) is 10.1. The van der Waals surface area contributed by atoms with Crippen molar-refractivity contribution in [3.05, 3.63) is 27.7 Å². The van der Waals surface area contributed by atoms with E-state index in [2.05, 4.69) is 15.9 Å². The Bertz CT molecular complexity index is 358. The maximum absolute atomic E-state index is 9.61. The Hall–Kier alpha value is -0.290. The summed E-state index contributed by atoms with van der Waals surface area (Å²) in [6.45, 7) is 4.24. The van der Waals surface area contributed by atoms with Gasteiger partial charge < -0.3 is 14.6 Å². The molecule has 0 bridgehead atoms. The van der Waals surface area contributed by atoms with Crippen molar-refractivity contribution < 1.29 is 14.6 Å². The van der Waals surface area contributed by atoms with Crippen molar-refractivity contribution in [2.24, 2.45) is 0 Å². The zero-order chi connectivity index (χ0) is 12.8. The zero-order valence-electron chi connectivity index (χ0n) is 9.82. The number of hydrogen-bond donors (Lipinski definition) is 1. The van der Waals surface area contributed by atoms with Crippen LogP contribution in [0.3, 0.4) is 0 Å². The van der Waals surface area contributed by atoms with Gasteiger partial charge in [-0.3, -0.25) is 0 Å². The van der Waals surface area contributed by atoms with Crippen LogP contribution in [0, 0.1) is 0 Å². The van der Waals surface area contributed by atoms with E-state index >= 15 is 0 Å². The molecule has 0 spiro atoms. The lowest BCUT2D eigenvalue weighted by molar-refractivity contribution is -0.0122. The second-order valence-electron chi connectivity index (χ2n) is 3.92. The van der Waals surface area contributed by atoms with Gasteiger partial charge in [-0.05, 0) is 32.0 Å². The van der Waals surface area contributed by atoms with Crippen LogP contribution in [0.25, 0.3) is 0 Å². The van der Waals surface area contributed by atoms with E-state index in [-0.39, 0.29) is 19.3 Å². The minimum Gasteiger partial charge on any atom is -0.489 e. The van der Waals surface area contributed by atoms with Gasteiger partial charge in [0, 0.05) is 4.47 Å². The fraction of sp³-hybridized carbons (Fsp3) is 0.500.